The Morgan fingerprint density at radius 3 is 2.53 bits per heavy atom. The summed E-state index contributed by atoms with van der Waals surface area (Å²) in [7, 11) is 0. The number of phenolic OH excluding ortho intramolecular Hbond substituents is 1. The Balaban J connectivity index is 0.000000550. The van der Waals surface area contributed by atoms with Gasteiger partial charge in [0.1, 0.15) is 5.75 Å². The van der Waals surface area contributed by atoms with Crippen LogP contribution in [0.15, 0.2) is 35.2 Å². The highest BCUT2D eigenvalue weighted by atomic mass is 32.2. The van der Waals surface area contributed by atoms with Gasteiger partial charge in [-0.05, 0) is 36.6 Å². The zero-order chi connectivity index (χ0) is 14.3. The van der Waals surface area contributed by atoms with E-state index < -0.39 is 0 Å². The Morgan fingerprint density at radius 2 is 1.95 bits per heavy atom. The first-order valence-corrected chi connectivity index (χ1v) is 6.25. The minimum atomic E-state index is 0.250. The number of fused-ring (bicyclic) bond motifs is 1. The molecule has 19 heavy (non-hydrogen) atoms. The highest BCUT2D eigenvalue weighted by Crippen LogP contribution is 2.31. The maximum atomic E-state index is 9.83. The third-order valence-electron chi connectivity index (χ3n) is 2.39. The first kappa shape index (κ1) is 15.0. The second-order valence-electron chi connectivity index (χ2n) is 3.58. The van der Waals surface area contributed by atoms with Crippen LogP contribution in [0.3, 0.4) is 0 Å². The normalized spacial score (nSPS) is 9.37. The topological polar surface area (TPSA) is 86.6 Å². The van der Waals surface area contributed by atoms with Crippen LogP contribution in [0.5, 0.6) is 5.75 Å². The summed E-state index contributed by atoms with van der Waals surface area (Å²) >= 11 is 0.707. The maximum absolute atomic E-state index is 9.83. The number of hydrogen-bond acceptors (Lipinski definition) is 6. The van der Waals surface area contributed by atoms with Crippen molar-refractivity contribution in [3.05, 3.63) is 30.3 Å². The second kappa shape index (κ2) is 7.43. The molecule has 0 saturated heterocycles. The van der Waals surface area contributed by atoms with Crippen LogP contribution in [0.1, 0.15) is 6.92 Å². The largest absolute Gasteiger partial charge is 0.507 e. The summed E-state index contributed by atoms with van der Waals surface area (Å²) in [6.45, 7) is 2.81. The number of aromatic hydroxyl groups is 1. The summed E-state index contributed by atoms with van der Waals surface area (Å²) in [5.74, 6) is 0.253. The molecule has 0 radical (unpaired) electrons. The van der Waals surface area contributed by atoms with Crippen LogP contribution in [-0.4, -0.2) is 22.4 Å². The van der Waals surface area contributed by atoms with Crippen molar-refractivity contribution in [2.24, 2.45) is 0 Å². The lowest BCUT2D eigenvalue weighted by Crippen LogP contribution is -1.95. The molecule has 5 nitrogen and oxygen atoms in total. The van der Waals surface area contributed by atoms with E-state index in [1.165, 1.54) is 0 Å². The molecule has 0 atom stereocenters. The number of hydrogen-bond donors (Lipinski definition) is 3. The van der Waals surface area contributed by atoms with E-state index in [0.29, 0.717) is 12.0 Å². The molecule has 0 unspecified atom stereocenters. The Morgan fingerprint density at radius 1 is 1.26 bits per heavy atom. The summed E-state index contributed by atoms with van der Waals surface area (Å²) in [5, 5.41) is 14.7. The minimum absolute atomic E-state index is 0.250. The number of anilines is 1. The molecule has 0 fully saturated rings. The van der Waals surface area contributed by atoms with Crippen LogP contribution < -0.4 is 5.32 Å². The molecule has 0 aromatic heterocycles. The summed E-state index contributed by atoms with van der Waals surface area (Å²) in [5.41, 5.74) is 0.882. The number of phenols is 1. The Kier molecular flexibility index (Phi) is 5.89. The van der Waals surface area contributed by atoms with E-state index in [0.717, 1.165) is 27.9 Å². The zero-order valence-corrected chi connectivity index (χ0v) is 11.0. The first-order valence-electron chi connectivity index (χ1n) is 5.47. The molecule has 0 aliphatic carbocycles. The van der Waals surface area contributed by atoms with Gasteiger partial charge in [-0.15, -0.1) is 0 Å². The van der Waals surface area contributed by atoms with Gasteiger partial charge in [0.05, 0.1) is 0 Å². The molecule has 0 bridgehead atoms. The molecule has 100 valence electrons. The van der Waals surface area contributed by atoms with Crippen molar-refractivity contribution in [2.45, 2.75) is 11.8 Å². The van der Waals surface area contributed by atoms with E-state index in [-0.39, 0.29) is 11.9 Å². The van der Waals surface area contributed by atoms with Crippen LogP contribution in [0.2, 0.25) is 0 Å². The van der Waals surface area contributed by atoms with Crippen molar-refractivity contribution < 1.29 is 19.2 Å². The number of nitrogens with one attached hydrogen (secondary N) is 1. The molecule has 0 spiro atoms. The third kappa shape index (κ3) is 3.99. The minimum Gasteiger partial charge on any atom is -0.507 e. The van der Waals surface area contributed by atoms with Crippen LogP contribution in [0, 0.1) is 0 Å². The highest BCUT2D eigenvalue weighted by molar-refractivity contribution is 7.93. The van der Waals surface area contributed by atoms with Crippen LogP contribution in [0.25, 0.3) is 10.8 Å². The summed E-state index contributed by atoms with van der Waals surface area (Å²) in [4.78, 5) is 17.0. The fraction of sp³-hybridized carbons (Fsp3) is 0.154. The molecule has 0 heterocycles. The van der Waals surface area contributed by atoms with Gasteiger partial charge in [-0.3, -0.25) is 0 Å². The number of benzene rings is 2. The fourth-order valence-electron chi connectivity index (χ4n) is 1.69. The van der Waals surface area contributed by atoms with E-state index in [1.807, 2.05) is 19.1 Å². The van der Waals surface area contributed by atoms with Gasteiger partial charge in [0.2, 0.25) is 0 Å². The molecule has 2 rings (SSSR count). The van der Waals surface area contributed by atoms with E-state index in [9.17, 15) is 5.11 Å². The van der Waals surface area contributed by atoms with Gasteiger partial charge in [-0.1, -0.05) is 0 Å². The summed E-state index contributed by atoms with van der Waals surface area (Å²) in [6.07, 6.45) is 0.250. The molecule has 0 saturated carbocycles. The lowest BCUT2D eigenvalue weighted by atomic mass is 10.1. The summed E-state index contributed by atoms with van der Waals surface area (Å²) < 4.78 is 8.98. The van der Waals surface area contributed by atoms with Crippen molar-refractivity contribution in [2.75, 3.05) is 11.9 Å². The second-order valence-corrected chi connectivity index (χ2v) is 4.24. The average Bonchev–Trinajstić information content (AvgIpc) is 2.39. The molecule has 0 amide bonds. The van der Waals surface area contributed by atoms with Crippen molar-refractivity contribution in [3.8, 4) is 5.75 Å². The smallest absolute Gasteiger partial charge is 0.373 e. The molecule has 2 aromatic carbocycles. The molecule has 6 heteroatoms. The van der Waals surface area contributed by atoms with E-state index in [2.05, 4.69) is 5.32 Å². The summed E-state index contributed by atoms with van der Waals surface area (Å²) in [6, 6.07) is 9.09. The monoisotopic (exact) mass is 279 g/mol. The standard InChI is InChI=1S/C12H13NO2S.CO2/c1-2-13-9-5-8-6-10(16-15)3-4-11(8)12(14)7-9;2-1-3/h3-7,13-15H,2H2,1H3;. The van der Waals surface area contributed by atoms with Crippen molar-refractivity contribution in [1.82, 2.24) is 0 Å². The Hall–Kier alpha value is -2.01. The molecule has 3 N–H and O–H groups in total. The van der Waals surface area contributed by atoms with Gasteiger partial charge in [-0.2, -0.15) is 9.59 Å². The SMILES string of the molecule is CCNc1cc(O)c2ccc(SO)cc2c1.O=C=O. The fourth-order valence-corrected chi connectivity index (χ4v) is 2.00. The Labute approximate surface area is 114 Å². The third-order valence-corrected chi connectivity index (χ3v) is 2.85. The highest BCUT2D eigenvalue weighted by Gasteiger charge is 2.03. The number of carbonyl (C=O) groups excluding carboxylic acids is 2. The maximum Gasteiger partial charge on any atom is 0.373 e. The van der Waals surface area contributed by atoms with Crippen LogP contribution in [0.4, 0.5) is 5.69 Å². The zero-order valence-electron chi connectivity index (χ0n) is 10.2. The van der Waals surface area contributed by atoms with Crippen LogP contribution in [-0.2, 0) is 9.59 Å². The van der Waals surface area contributed by atoms with Crippen molar-refractivity contribution >= 4 is 34.7 Å². The molecule has 0 aliphatic heterocycles. The lowest BCUT2D eigenvalue weighted by Gasteiger charge is -2.08. The molecular weight excluding hydrogens is 266 g/mol. The lowest BCUT2D eigenvalue weighted by molar-refractivity contribution is -0.191. The van der Waals surface area contributed by atoms with Gasteiger partial charge < -0.3 is 15.0 Å². The van der Waals surface area contributed by atoms with E-state index in [4.69, 9.17) is 14.1 Å². The van der Waals surface area contributed by atoms with E-state index >= 15 is 0 Å². The predicted octanol–water partition coefficient (Wildman–Crippen LogP) is 2.96. The predicted molar refractivity (Wildman–Crippen MR) is 73.3 cm³/mol. The molecular formula is C13H13NO4S. The van der Waals surface area contributed by atoms with E-state index in [1.54, 1.807) is 18.2 Å². The molecule has 0 aliphatic rings. The van der Waals surface area contributed by atoms with Crippen molar-refractivity contribution in [1.29, 1.82) is 0 Å². The Bertz CT molecular complexity index is 594. The van der Waals surface area contributed by atoms with Gasteiger partial charge in [0.25, 0.3) is 0 Å². The van der Waals surface area contributed by atoms with Gasteiger partial charge >= 0.3 is 6.15 Å². The van der Waals surface area contributed by atoms with Gasteiger partial charge in [-0.25, -0.2) is 0 Å². The average molecular weight is 279 g/mol. The molecule has 2 aromatic rings. The number of rotatable bonds is 3. The quantitative estimate of drug-likeness (QED) is 0.749. The van der Waals surface area contributed by atoms with Crippen molar-refractivity contribution in [3.63, 3.8) is 0 Å². The van der Waals surface area contributed by atoms with Gasteiger partial charge in [0, 0.05) is 40.6 Å². The first-order chi connectivity index (χ1) is 9.15. The van der Waals surface area contributed by atoms with Gasteiger partial charge in [0.15, 0.2) is 0 Å². The van der Waals surface area contributed by atoms with Crippen LogP contribution >= 0.6 is 12.0 Å².